The van der Waals surface area contributed by atoms with Crippen molar-refractivity contribution in [1.82, 2.24) is 10.3 Å². The minimum absolute atomic E-state index is 0.0937. The van der Waals surface area contributed by atoms with Crippen molar-refractivity contribution < 1.29 is 19.1 Å². The van der Waals surface area contributed by atoms with Crippen molar-refractivity contribution >= 4 is 27.9 Å². The second kappa shape index (κ2) is 8.44. The highest BCUT2D eigenvalue weighted by molar-refractivity contribution is 9.10. The molecule has 0 aliphatic heterocycles. The summed E-state index contributed by atoms with van der Waals surface area (Å²) in [5.74, 6) is -0.279. The molecule has 0 aromatic carbocycles. The van der Waals surface area contributed by atoms with Crippen molar-refractivity contribution in [3.05, 3.63) is 28.5 Å². The summed E-state index contributed by atoms with van der Waals surface area (Å²) in [5, 5.41) is 2.65. The SMILES string of the molecule is NC(=O)OCCOCCNC(=O)c1cccc(Br)n1. The molecule has 1 heterocycles. The molecule has 0 bridgehead atoms. The predicted octanol–water partition coefficient (Wildman–Crippen LogP) is 0.686. The number of hydrogen-bond donors (Lipinski definition) is 2. The van der Waals surface area contributed by atoms with Gasteiger partial charge in [-0.25, -0.2) is 9.78 Å². The lowest BCUT2D eigenvalue weighted by Gasteiger charge is -2.06. The predicted molar refractivity (Wildman–Crippen MR) is 70.6 cm³/mol. The average molecular weight is 332 g/mol. The van der Waals surface area contributed by atoms with Crippen molar-refractivity contribution in [1.29, 1.82) is 0 Å². The van der Waals surface area contributed by atoms with Gasteiger partial charge in [-0.05, 0) is 28.1 Å². The molecule has 1 aromatic heterocycles. The number of nitrogens with one attached hydrogen (secondary N) is 1. The Morgan fingerprint density at radius 3 is 2.79 bits per heavy atom. The Labute approximate surface area is 118 Å². The fourth-order valence-electron chi connectivity index (χ4n) is 1.17. The van der Waals surface area contributed by atoms with E-state index in [9.17, 15) is 9.59 Å². The highest BCUT2D eigenvalue weighted by atomic mass is 79.9. The number of carbonyl (C=O) groups excluding carboxylic acids is 2. The zero-order chi connectivity index (χ0) is 14.1. The third-order valence-corrected chi connectivity index (χ3v) is 2.39. The summed E-state index contributed by atoms with van der Waals surface area (Å²) in [6.07, 6.45) is -0.836. The number of primary amides is 1. The van der Waals surface area contributed by atoms with E-state index >= 15 is 0 Å². The van der Waals surface area contributed by atoms with E-state index in [1.165, 1.54) is 0 Å². The molecule has 3 N–H and O–H groups in total. The Hall–Kier alpha value is -1.67. The monoisotopic (exact) mass is 331 g/mol. The summed E-state index contributed by atoms with van der Waals surface area (Å²) in [6.45, 7) is 0.968. The van der Waals surface area contributed by atoms with Gasteiger partial charge in [0.05, 0.1) is 13.2 Å². The lowest BCUT2D eigenvalue weighted by atomic mass is 10.3. The molecule has 0 atom stereocenters. The van der Waals surface area contributed by atoms with Gasteiger partial charge in [0.2, 0.25) is 0 Å². The van der Waals surface area contributed by atoms with Crippen LogP contribution in [0, 0.1) is 0 Å². The van der Waals surface area contributed by atoms with E-state index in [-0.39, 0.29) is 19.1 Å². The number of halogens is 1. The molecule has 104 valence electrons. The number of nitrogens with zero attached hydrogens (tertiary/aromatic N) is 1. The molecule has 0 radical (unpaired) electrons. The van der Waals surface area contributed by atoms with Gasteiger partial charge in [0.1, 0.15) is 16.9 Å². The Morgan fingerprint density at radius 1 is 1.32 bits per heavy atom. The number of pyridine rings is 1. The Balaban J connectivity index is 2.12. The Kier molecular flexibility index (Phi) is 6.83. The minimum atomic E-state index is -0.836. The molecule has 0 saturated carbocycles. The van der Waals surface area contributed by atoms with Gasteiger partial charge in [0.25, 0.3) is 5.91 Å². The Bertz CT molecular complexity index is 442. The third kappa shape index (κ3) is 6.73. The number of rotatable bonds is 7. The first-order valence-electron chi connectivity index (χ1n) is 5.50. The van der Waals surface area contributed by atoms with Crippen LogP contribution in [0.25, 0.3) is 0 Å². The van der Waals surface area contributed by atoms with Crippen LogP contribution in [0.15, 0.2) is 22.8 Å². The lowest BCUT2D eigenvalue weighted by Crippen LogP contribution is -2.28. The van der Waals surface area contributed by atoms with Gasteiger partial charge >= 0.3 is 6.09 Å². The second-order valence-corrected chi connectivity index (χ2v) is 4.19. The van der Waals surface area contributed by atoms with Crippen LogP contribution in [0.4, 0.5) is 4.79 Å². The molecule has 1 aromatic rings. The van der Waals surface area contributed by atoms with Crippen molar-refractivity contribution in [2.75, 3.05) is 26.4 Å². The largest absolute Gasteiger partial charge is 0.447 e. The van der Waals surface area contributed by atoms with Gasteiger partial charge in [-0.3, -0.25) is 4.79 Å². The van der Waals surface area contributed by atoms with Crippen LogP contribution in [-0.2, 0) is 9.47 Å². The zero-order valence-corrected chi connectivity index (χ0v) is 11.7. The summed E-state index contributed by atoms with van der Waals surface area (Å²) in [6, 6.07) is 5.07. The maximum Gasteiger partial charge on any atom is 0.404 e. The Morgan fingerprint density at radius 2 is 2.11 bits per heavy atom. The summed E-state index contributed by atoms with van der Waals surface area (Å²) in [7, 11) is 0. The molecule has 8 heteroatoms. The van der Waals surface area contributed by atoms with Crippen LogP contribution >= 0.6 is 15.9 Å². The normalized spacial score (nSPS) is 9.95. The standard InChI is InChI=1S/C11H14BrN3O4/c12-9-3-1-2-8(15-9)10(16)14-4-5-18-6-7-19-11(13)17/h1-3H,4-7H2,(H2,13,17)(H,14,16). The van der Waals surface area contributed by atoms with E-state index in [1.54, 1.807) is 18.2 Å². The van der Waals surface area contributed by atoms with Crippen LogP contribution in [-0.4, -0.2) is 43.3 Å². The first kappa shape index (κ1) is 15.4. The zero-order valence-electron chi connectivity index (χ0n) is 10.1. The molecule has 0 fully saturated rings. The van der Waals surface area contributed by atoms with Gasteiger partial charge in [-0.1, -0.05) is 6.07 Å². The number of ether oxygens (including phenoxy) is 2. The number of carbonyl (C=O) groups is 2. The van der Waals surface area contributed by atoms with Crippen molar-refractivity contribution in [2.45, 2.75) is 0 Å². The molecule has 0 unspecified atom stereocenters. The number of aromatic nitrogens is 1. The molecule has 2 amide bonds. The molecular weight excluding hydrogens is 318 g/mol. The first-order valence-corrected chi connectivity index (χ1v) is 6.29. The fraction of sp³-hybridized carbons (Fsp3) is 0.364. The summed E-state index contributed by atoms with van der Waals surface area (Å²) in [5.41, 5.74) is 5.09. The van der Waals surface area contributed by atoms with Gasteiger partial charge in [0.15, 0.2) is 0 Å². The first-order chi connectivity index (χ1) is 9.09. The van der Waals surface area contributed by atoms with E-state index in [0.717, 1.165) is 0 Å². The van der Waals surface area contributed by atoms with E-state index in [0.29, 0.717) is 23.4 Å². The van der Waals surface area contributed by atoms with Gasteiger partial charge < -0.3 is 20.5 Å². The van der Waals surface area contributed by atoms with Crippen LogP contribution in [0.5, 0.6) is 0 Å². The van der Waals surface area contributed by atoms with Crippen molar-refractivity contribution in [3.63, 3.8) is 0 Å². The quantitative estimate of drug-likeness (QED) is 0.565. The molecular formula is C11H14BrN3O4. The van der Waals surface area contributed by atoms with Gasteiger partial charge in [0, 0.05) is 6.54 Å². The number of hydrogen-bond acceptors (Lipinski definition) is 5. The summed E-state index contributed by atoms with van der Waals surface area (Å²) >= 11 is 3.18. The van der Waals surface area contributed by atoms with Crippen LogP contribution < -0.4 is 11.1 Å². The molecule has 0 spiro atoms. The smallest absolute Gasteiger partial charge is 0.404 e. The number of amides is 2. The van der Waals surface area contributed by atoms with Crippen molar-refractivity contribution in [2.24, 2.45) is 5.73 Å². The van der Waals surface area contributed by atoms with Crippen LogP contribution in [0.2, 0.25) is 0 Å². The van der Waals surface area contributed by atoms with E-state index < -0.39 is 6.09 Å². The molecule has 0 aliphatic rings. The molecule has 0 aliphatic carbocycles. The summed E-state index contributed by atoms with van der Waals surface area (Å²) in [4.78, 5) is 25.9. The van der Waals surface area contributed by atoms with Gasteiger partial charge in [-0.15, -0.1) is 0 Å². The van der Waals surface area contributed by atoms with E-state index in [1.807, 2.05) is 0 Å². The van der Waals surface area contributed by atoms with Crippen LogP contribution in [0.1, 0.15) is 10.5 Å². The highest BCUT2D eigenvalue weighted by Crippen LogP contribution is 2.05. The highest BCUT2D eigenvalue weighted by Gasteiger charge is 2.06. The molecule has 1 rings (SSSR count). The maximum absolute atomic E-state index is 11.6. The average Bonchev–Trinajstić information content (AvgIpc) is 2.37. The fourth-order valence-corrected chi connectivity index (χ4v) is 1.51. The maximum atomic E-state index is 11.6. The van der Waals surface area contributed by atoms with Crippen molar-refractivity contribution in [3.8, 4) is 0 Å². The molecule has 0 saturated heterocycles. The molecule has 7 nitrogen and oxygen atoms in total. The van der Waals surface area contributed by atoms with E-state index in [2.05, 4.69) is 31.0 Å². The third-order valence-electron chi connectivity index (χ3n) is 1.95. The lowest BCUT2D eigenvalue weighted by molar-refractivity contribution is 0.0744. The summed E-state index contributed by atoms with van der Waals surface area (Å²) < 4.78 is 10.2. The molecule has 19 heavy (non-hydrogen) atoms. The topological polar surface area (TPSA) is 104 Å². The second-order valence-electron chi connectivity index (χ2n) is 3.38. The van der Waals surface area contributed by atoms with E-state index in [4.69, 9.17) is 10.5 Å². The number of nitrogens with two attached hydrogens (primary N) is 1. The van der Waals surface area contributed by atoms with Gasteiger partial charge in [-0.2, -0.15) is 0 Å². The van der Waals surface area contributed by atoms with Crippen LogP contribution in [0.3, 0.4) is 0 Å². The minimum Gasteiger partial charge on any atom is -0.447 e.